The first-order valence-electron chi connectivity index (χ1n) is 7.47. The van der Waals surface area contributed by atoms with Crippen molar-refractivity contribution in [3.8, 4) is 11.3 Å². The van der Waals surface area contributed by atoms with Crippen molar-refractivity contribution < 1.29 is 9.21 Å². The number of carbonyl (C=O) groups is 1. The van der Waals surface area contributed by atoms with Gasteiger partial charge in [0, 0.05) is 16.4 Å². The van der Waals surface area contributed by atoms with Crippen LogP contribution in [0.3, 0.4) is 0 Å². The Bertz CT molecular complexity index is 1140. The molecular weight excluding hydrogens is 326 g/mol. The molecule has 4 aromatic rings. The fourth-order valence-electron chi connectivity index (χ4n) is 2.85. The number of fused-ring (bicyclic) bond motifs is 2. The lowest BCUT2D eigenvalue weighted by Gasteiger charge is -2.16. The summed E-state index contributed by atoms with van der Waals surface area (Å²) in [6, 6.07) is 5.47. The van der Waals surface area contributed by atoms with E-state index in [0.717, 1.165) is 28.2 Å². The van der Waals surface area contributed by atoms with Gasteiger partial charge in [0.1, 0.15) is 5.69 Å². The maximum Gasteiger partial charge on any atom is 0.417 e. The molecule has 1 aromatic carbocycles. The van der Waals surface area contributed by atoms with Crippen molar-refractivity contribution in [1.29, 1.82) is 0 Å². The average molecular weight is 341 g/mol. The van der Waals surface area contributed by atoms with Crippen LogP contribution in [0, 0.1) is 0 Å². The van der Waals surface area contributed by atoms with Crippen LogP contribution in [-0.2, 0) is 5.41 Å². The van der Waals surface area contributed by atoms with E-state index in [1.54, 1.807) is 12.1 Å². The summed E-state index contributed by atoms with van der Waals surface area (Å²) in [5.41, 5.74) is 3.96. The molecule has 0 unspecified atom stereocenters. The first-order chi connectivity index (χ1) is 11.4. The van der Waals surface area contributed by atoms with Gasteiger partial charge in [-0.05, 0) is 12.1 Å². The summed E-state index contributed by atoms with van der Waals surface area (Å²) in [6.45, 7) is 6.10. The van der Waals surface area contributed by atoms with Crippen molar-refractivity contribution in [2.24, 2.45) is 0 Å². The van der Waals surface area contributed by atoms with E-state index >= 15 is 0 Å². The van der Waals surface area contributed by atoms with Crippen molar-refractivity contribution in [1.82, 2.24) is 14.4 Å². The standard InChI is InChI=1S/C17H15N3O3S/c1-17(2,3)14-11(7-21)20-12(8-24-15(20)19-14)9-4-5-10-13(6-9)23-16(22)18-10/h4-8H,1-3H3,(H,18,22). The Kier molecular flexibility index (Phi) is 3.05. The predicted octanol–water partition coefficient (Wildman–Crippen LogP) is 3.61. The van der Waals surface area contributed by atoms with Gasteiger partial charge in [0.15, 0.2) is 16.8 Å². The van der Waals surface area contributed by atoms with E-state index in [2.05, 4.69) is 9.97 Å². The van der Waals surface area contributed by atoms with Crippen LogP contribution in [0.4, 0.5) is 0 Å². The van der Waals surface area contributed by atoms with Crippen LogP contribution < -0.4 is 5.76 Å². The Balaban J connectivity index is 2.00. The molecule has 7 heteroatoms. The van der Waals surface area contributed by atoms with E-state index in [-0.39, 0.29) is 5.41 Å². The first-order valence-corrected chi connectivity index (χ1v) is 8.35. The third kappa shape index (κ3) is 2.12. The van der Waals surface area contributed by atoms with Gasteiger partial charge in [-0.1, -0.05) is 26.8 Å². The van der Waals surface area contributed by atoms with Gasteiger partial charge < -0.3 is 4.42 Å². The number of hydrogen-bond donors (Lipinski definition) is 1. The highest BCUT2D eigenvalue weighted by atomic mass is 32.1. The number of rotatable bonds is 2. The van der Waals surface area contributed by atoms with Gasteiger partial charge in [-0.2, -0.15) is 0 Å². The molecule has 3 heterocycles. The largest absolute Gasteiger partial charge is 0.417 e. The number of carbonyl (C=O) groups excluding carboxylic acids is 1. The zero-order chi connectivity index (χ0) is 17.1. The van der Waals surface area contributed by atoms with Crippen LogP contribution in [0.2, 0.25) is 0 Å². The Labute approximate surface area is 140 Å². The lowest BCUT2D eigenvalue weighted by Crippen LogP contribution is -2.14. The molecule has 0 bridgehead atoms. The van der Waals surface area contributed by atoms with E-state index in [4.69, 9.17) is 4.42 Å². The van der Waals surface area contributed by atoms with Crippen LogP contribution >= 0.6 is 11.3 Å². The molecule has 6 nitrogen and oxygen atoms in total. The second-order valence-electron chi connectivity index (χ2n) is 6.68. The predicted molar refractivity (Wildman–Crippen MR) is 93.0 cm³/mol. The van der Waals surface area contributed by atoms with E-state index in [0.29, 0.717) is 16.8 Å². The first kappa shape index (κ1) is 14.9. The maximum atomic E-state index is 11.7. The lowest BCUT2D eigenvalue weighted by molar-refractivity contribution is 0.111. The highest BCUT2D eigenvalue weighted by molar-refractivity contribution is 7.15. The summed E-state index contributed by atoms with van der Waals surface area (Å²) >= 11 is 1.48. The maximum absolute atomic E-state index is 11.7. The van der Waals surface area contributed by atoms with Gasteiger partial charge in [0.05, 0.1) is 16.9 Å². The number of aldehydes is 1. The van der Waals surface area contributed by atoms with Gasteiger partial charge in [-0.25, -0.2) is 9.78 Å². The Morgan fingerprint density at radius 3 is 2.83 bits per heavy atom. The Morgan fingerprint density at radius 2 is 2.12 bits per heavy atom. The molecule has 0 aliphatic rings. The number of nitrogens with zero attached hydrogens (tertiary/aromatic N) is 2. The molecule has 0 aliphatic carbocycles. The topological polar surface area (TPSA) is 80.4 Å². The number of hydrogen-bond acceptors (Lipinski definition) is 5. The monoisotopic (exact) mass is 341 g/mol. The number of benzene rings is 1. The highest BCUT2D eigenvalue weighted by Crippen LogP contribution is 2.33. The third-order valence-electron chi connectivity index (χ3n) is 3.94. The normalized spacial score (nSPS) is 12.3. The molecular formula is C17H15N3O3S. The number of oxazole rings is 1. The summed E-state index contributed by atoms with van der Waals surface area (Å²) in [6.07, 6.45) is 0.853. The number of aromatic amines is 1. The summed E-state index contributed by atoms with van der Waals surface area (Å²) in [4.78, 5) is 31.1. The molecule has 0 saturated carbocycles. The van der Waals surface area contributed by atoms with Crippen LogP contribution in [0.1, 0.15) is 37.0 Å². The number of nitrogens with one attached hydrogen (secondary N) is 1. The van der Waals surface area contributed by atoms with Crippen LogP contribution in [0.25, 0.3) is 27.3 Å². The highest BCUT2D eigenvalue weighted by Gasteiger charge is 2.26. The van der Waals surface area contributed by atoms with E-state index in [9.17, 15) is 9.59 Å². The molecule has 0 fully saturated rings. The smallest absolute Gasteiger partial charge is 0.408 e. The Hall–Kier alpha value is -2.67. The number of aromatic nitrogens is 3. The number of thiazole rings is 1. The third-order valence-corrected chi connectivity index (χ3v) is 4.76. The molecule has 1 N–H and O–H groups in total. The fraction of sp³-hybridized carbons (Fsp3) is 0.235. The molecule has 0 atom stereocenters. The molecule has 0 spiro atoms. The molecule has 0 saturated heterocycles. The van der Waals surface area contributed by atoms with Crippen molar-refractivity contribution in [3.05, 3.63) is 45.5 Å². The molecule has 24 heavy (non-hydrogen) atoms. The Morgan fingerprint density at radius 1 is 1.33 bits per heavy atom. The molecule has 3 aromatic heterocycles. The second kappa shape index (κ2) is 4.91. The van der Waals surface area contributed by atoms with Gasteiger partial charge >= 0.3 is 5.76 Å². The average Bonchev–Trinajstić information content (AvgIpc) is 3.16. The summed E-state index contributed by atoms with van der Waals surface area (Å²) in [7, 11) is 0. The SMILES string of the molecule is CC(C)(C)c1nc2scc(-c3ccc4[nH]c(=O)oc4c3)n2c1C=O. The minimum Gasteiger partial charge on any atom is -0.408 e. The molecule has 0 aliphatic heterocycles. The fourth-order valence-corrected chi connectivity index (χ4v) is 3.75. The zero-order valence-corrected chi connectivity index (χ0v) is 14.2. The minimum absolute atomic E-state index is 0.226. The summed E-state index contributed by atoms with van der Waals surface area (Å²) in [5, 5.41) is 1.95. The molecule has 4 rings (SSSR count). The van der Waals surface area contributed by atoms with Gasteiger partial charge in [0.25, 0.3) is 0 Å². The van der Waals surface area contributed by atoms with Gasteiger partial charge in [-0.3, -0.25) is 14.2 Å². The van der Waals surface area contributed by atoms with Crippen molar-refractivity contribution in [3.63, 3.8) is 0 Å². The van der Waals surface area contributed by atoms with Crippen LogP contribution in [0.5, 0.6) is 0 Å². The molecule has 122 valence electrons. The summed E-state index contributed by atoms with van der Waals surface area (Å²) < 4.78 is 7.00. The zero-order valence-electron chi connectivity index (χ0n) is 13.4. The van der Waals surface area contributed by atoms with E-state index in [1.165, 1.54) is 11.3 Å². The van der Waals surface area contributed by atoms with Crippen molar-refractivity contribution in [2.45, 2.75) is 26.2 Å². The second-order valence-corrected chi connectivity index (χ2v) is 7.51. The van der Waals surface area contributed by atoms with Crippen molar-refractivity contribution >= 4 is 33.7 Å². The quantitative estimate of drug-likeness (QED) is 0.565. The molecule has 0 radical (unpaired) electrons. The number of imidazole rings is 1. The summed E-state index contributed by atoms with van der Waals surface area (Å²) in [5.74, 6) is -0.483. The minimum atomic E-state index is -0.483. The molecule has 0 amide bonds. The lowest BCUT2D eigenvalue weighted by atomic mass is 9.91. The van der Waals surface area contributed by atoms with Gasteiger partial charge in [0.2, 0.25) is 0 Å². The van der Waals surface area contributed by atoms with E-state index in [1.807, 2.05) is 36.6 Å². The number of H-pyrrole nitrogens is 1. The van der Waals surface area contributed by atoms with Gasteiger partial charge in [-0.15, -0.1) is 11.3 Å². The van der Waals surface area contributed by atoms with Crippen LogP contribution in [-0.4, -0.2) is 20.7 Å². The van der Waals surface area contributed by atoms with E-state index < -0.39 is 5.76 Å². The van der Waals surface area contributed by atoms with Crippen LogP contribution in [0.15, 0.2) is 32.8 Å². The van der Waals surface area contributed by atoms with Crippen molar-refractivity contribution in [2.75, 3.05) is 0 Å².